The lowest BCUT2D eigenvalue weighted by atomic mass is 10.0. The second-order valence-corrected chi connectivity index (χ2v) is 10.4. The maximum absolute atomic E-state index is 13.3. The van der Waals surface area contributed by atoms with Crippen molar-refractivity contribution in [1.82, 2.24) is 19.9 Å². The molecule has 158 valence electrons. The van der Waals surface area contributed by atoms with Gasteiger partial charge in [0, 0.05) is 11.2 Å². The summed E-state index contributed by atoms with van der Waals surface area (Å²) in [5.74, 6) is 1.31. The fraction of sp³-hybridized carbons (Fsp3) is 0.381. The number of nitrogens with one attached hydrogen (secondary N) is 1. The second kappa shape index (κ2) is 8.45. The first kappa shape index (κ1) is 21.0. The average molecular weight is 447 g/mol. The molecule has 0 radical (unpaired) electrons. The molecule has 30 heavy (non-hydrogen) atoms. The topological polar surface area (TPSA) is 94.0 Å². The lowest BCUT2D eigenvalue weighted by molar-refractivity contribution is 0.402. The highest BCUT2D eigenvalue weighted by Gasteiger charge is 2.25. The van der Waals surface area contributed by atoms with Gasteiger partial charge in [-0.2, -0.15) is 0 Å². The number of sulfone groups is 1. The number of nitrogens with zero attached hydrogens (tertiary/aromatic N) is 3. The zero-order valence-electron chi connectivity index (χ0n) is 16.6. The molecule has 0 amide bonds. The summed E-state index contributed by atoms with van der Waals surface area (Å²) in [4.78, 5) is 22.2. The quantitative estimate of drug-likeness (QED) is 0.647. The summed E-state index contributed by atoms with van der Waals surface area (Å²) in [5, 5.41) is 4.47. The van der Waals surface area contributed by atoms with E-state index in [0.29, 0.717) is 47.0 Å². The van der Waals surface area contributed by atoms with E-state index in [2.05, 4.69) is 15.3 Å². The van der Waals surface area contributed by atoms with Crippen molar-refractivity contribution in [3.8, 4) is 5.69 Å². The van der Waals surface area contributed by atoms with Gasteiger partial charge in [-0.15, -0.1) is 0 Å². The Morgan fingerprint density at radius 2 is 1.90 bits per heavy atom. The predicted octanol–water partition coefficient (Wildman–Crippen LogP) is 2.91. The minimum atomic E-state index is -2.89. The van der Waals surface area contributed by atoms with Crippen LogP contribution in [0.5, 0.6) is 0 Å². The Kier molecular flexibility index (Phi) is 5.90. The maximum Gasteiger partial charge on any atom is 0.267 e. The maximum atomic E-state index is 13.3. The van der Waals surface area contributed by atoms with E-state index in [9.17, 15) is 13.2 Å². The molecule has 0 aliphatic carbocycles. The minimum absolute atomic E-state index is 0.192. The standard InChI is InChI=1S/C21H23ClN4O3S/c1-14(24-13-15-8-11-30(28,29)12-9-15)20-25-19-18(3-2-10-23-19)21(27)26(20)17-6-4-16(22)5-7-17/h2-7,10,14-15,24H,8-9,11-13H2,1H3/t14-/m1/s1. The summed E-state index contributed by atoms with van der Waals surface area (Å²) >= 11 is 6.02. The van der Waals surface area contributed by atoms with E-state index in [4.69, 9.17) is 11.6 Å². The number of pyridine rings is 1. The molecule has 1 aliphatic heterocycles. The van der Waals surface area contributed by atoms with Gasteiger partial charge in [0.05, 0.1) is 28.6 Å². The van der Waals surface area contributed by atoms with Crippen molar-refractivity contribution in [1.29, 1.82) is 0 Å². The molecule has 7 nitrogen and oxygen atoms in total. The van der Waals surface area contributed by atoms with Crippen LogP contribution in [0.15, 0.2) is 47.4 Å². The van der Waals surface area contributed by atoms with Crippen LogP contribution >= 0.6 is 11.6 Å². The fourth-order valence-electron chi connectivity index (χ4n) is 3.74. The van der Waals surface area contributed by atoms with Crippen molar-refractivity contribution in [2.24, 2.45) is 5.92 Å². The fourth-order valence-corrected chi connectivity index (χ4v) is 5.46. The third-order valence-corrected chi connectivity index (χ3v) is 7.50. The van der Waals surface area contributed by atoms with Crippen molar-refractivity contribution in [2.75, 3.05) is 18.1 Å². The normalized spacial score (nSPS) is 17.8. The Balaban J connectivity index is 1.67. The summed E-state index contributed by atoms with van der Waals surface area (Å²) in [6.07, 6.45) is 2.92. The smallest absolute Gasteiger partial charge is 0.267 e. The van der Waals surface area contributed by atoms with E-state index in [-0.39, 0.29) is 29.0 Å². The Morgan fingerprint density at radius 3 is 2.60 bits per heavy atom. The molecule has 1 fully saturated rings. The van der Waals surface area contributed by atoms with E-state index >= 15 is 0 Å². The van der Waals surface area contributed by atoms with Gasteiger partial charge in [0.15, 0.2) is 5.65 Å². The Labute approximate surface area is 180 Å². The molecule has 0 spiro atoms. The molecule has 9 heteroatoms. The molecule has 0 saturated carbocycles. The molecule has 3 heterocycles. The summed E-state index contributed by atoms with van der Waals surface area (Å²) in [6, 6.07) is 10.2. The summed E-state index contributed by atoms with van der Waals surface area (Å²) < 4.78 is 24.9. The summed E-state index contributed by atoms with van der Waals surface area (Å²) in [5.41, 5.74) is 0.887. The molecule has 0 unspecified atom stereocenters. The monoisotopic (exact) mass is 446 g/mol. The first-order chi connectivity index (χ1) is 14.3. The van der Waals surface area contributed by atoms with Crippen LogP contribution in [0.2, 0.25) is 5.02 Å². The predicted molar refractivity (Wildman–Crippen MR) is 118 cm³/mol. The number of hydrogen-bond acceptors (Lipinski definition) is 6. The summed E-state index contributed by atoms with van der Waals surface area (Å²) in [7, 11) is -2.89. The molecular formula is C21H23ClN4O3S. The van der Waals surface area contributed by atoms with Crippen LogP contribution in [0.1, 0.15) is 31.6 Å². The number of halogens is 1. The van der Waals surface area contributed by atoms with Gasteiger partial charge in [-0.05, 0) is 68.6 Å². The molecule has 1 aliphatic rings. The highest BCUT2D eigenvalue weighted by atomic mass is 35.5. The second-order valence-electron chi connectivity index (χ2n) is 7.69. The molecule has 1 aromatic carbocycles. The van der Waals surface area contributed by atoms with Crippen LogP contribution < -0.4 is 10.9 Å². The largest absolute Gasteiger partial charge is 0.307 e. The first-order valence-corrected chi connectivity index (χ1v) is 12.1. The third kappa shape index (κ3) is 4.40. The molecular weight excluding hydrogens is 424 g/mol. The van der Waals surface area contributed by atoms with Crippen molar-refractivity contribution in [3.63, 3.8) is 0 Å². The van der Waals surface area contributed by atoms with Crippen LogP contribution in [0, 0.1) is 5.92 Å². The number of benzene rings is 1. The van der Waals surface area contributed by atoms with Gasteiger partial charge in [0.1, 0.15) is 15.7 Å². The zero-order chi connectivity index (χ0) is 21.3. The number of hydrogen-bond donors (Lipinski definition) is 1. The van der Waals surface area contributed by atoms with Crippen molar-refractivity contribution < 1.29 is 8.42 Å². The SMILES string of the molecule is C[C@@H](NCC1CCS(=O)(=O)CC1)c1nc2ncccc2c(=O)n1-c1ccc(Cl)cc1. The van der Waals surface area contributed by atoms with Crippen LogP contribution in [0.4, 0.5) is 0 Å². The van der Waals surface area contributed by atoms with Crippen molar-refractivity contribution >= 4 is 32.5 Å². The van der Waals surface area contributed by atoms with Crippen LogP contribution in [0.25, 0.3) is 16.7 Å². The highest BCUT2D eigenvalue weighted by molar-refractivity contribution is 7.91. The van der Waals surface area contributed by atoms with E-state index in [1.165, 1.54) is 0 Å². The zero-order valence-corrected chi connectivity index (χ0v) is 18.2. The van der Waals surface area contributed by atoms with Crippen molar-refractivity contribution in [3.05, 3.63) is 63.8 Å². The Morgan fingerprint density at radius 1 is 1.20 bits per heavy atom. The lowest BCUT2D eigenvalue weighted by Crippen LogP contribution is -2.35. The lowest BCUT2D eigenvalue weighted by Gasteiger charge is -2.25. The van der Waals surface area contributed by atoms with E-state index < -0.39 is 9.84 Å². The van der Waals surface area contributed by atoms with Gasteiger partial charge in [-0.1, -0.05) is 11.6 Å². The molecule has 0 bridgehead atoms. The molecule has 4 rings (SSSR count). The molecule has 2 aromatic heterocycles. The van der Waals surface area contributed by atoms with Crippen LogP contribution in [-0.4, -0.2) is 41.0 Å². The Bertz CT molecular complexity index is 1210. The van der Waals surface area contributed by atoms with Gasteiger partial charge in [-0.3, -0.25) is 9.36 Å². The molecule has 3 aromatic rings. The average Bonchev–Trinajstić information content (AvgIpc) is 2.73. The van der Waals surface area contributed by atoms with Gasteiger partial charge >= 0.3 is 0 Å². The molecule has 1 N–H and O–H groups in total. The first-order valence-electron chi connectivity index (χ1n) is 9.91. The van der Waals surface area contributed by atoms with E-state index in [1.807, 2.05) is 6.92 Å². The number of fused-ring (bicyclic) bond motifs is 1. The third-order valence-electron chi connectivity index (χ3n) is 5.53. The van der Waals surface area contributed by atoms with Gasteiger partial charge < -0.3 is 5.32 Å². The summed E-state index contributed by atoms with van der Waals surface area (Å²) in [6.45, 7) is 2.61. The van der Waals surface area contributed by atoms with Gasteiger partial charge in [0.2, 0.25) is 0 Å². The van der Waals surface area contributed by atoms with Crippen LogP contribution in [0.3, 0.4) is 0 Å². The van der Waals surface area contributed by atoms with Gasteiger partial charge in [0.25, 0.3) is 5.56 Å². The van der Waals surface area contributed by atoms with E-state index in [1.54, 1.807) is 47.2 Å². The van der Waals surface area contributed by atoms with Crippen LogP contribution in [-0.2, 0) is 9.84 Å². The van der Waals surface area contributed by atoms with E-state index in [0.717, 1.165) is 0 Å². The minimum Gasteiger partial charge on any atom is -0.307 e. The number of rotatable bonds is 5. The van der Waals surface area contributed by atoms with Crippen molar-refractivity contribution in [2.45, 2.75) is 25.8 Å². The Hall–Kier alpha value is -2.29. The highest BCUT2D eigenvalue weighted by Crippen LogP contribution is 2.21. The molecule has 1 atom stereocenters. The number of aromatic nitrogens is 3. The van der Waals surface area contributed by atoms with Gasteiger partial charge in [-0.25, -0.2) is 18.4 Å². The molecule has 1 saturated heterocycles.